The molecule has 4 rings (SSSR count). The van der Waals surface area contributed by atoms with Gasteiger partial charge in [0.25, 0.3) is 12.0 Å². The van der Waals surface area contributed by atoms with Crippen LogP contribution < -0.4 is 22.3 Å². The molecule has 1 atom stereocenters. The van der Waals surface area contributed by atoms with Crippen LogP contribution in [0.2, 0.25) is 5.02 Å². The van der Waals surface area contributed by atoms with Crippen molar-refractivity contribution in [2.75, 3.05) is 16.8 Å². The minimum atomic E-state index is -2.81. The maximum Gasteiger partial charge on any atom is 0.267 e. The van der Waals surface area contributed by atoms with Gasteiger partial charge in [-0.05, 0) is 43.7 Å². The van der Waals surface area contributed by atoms with E-state index in [2.05, 4.69) is 20.3 Å². The quantitative estimate of drug-likeness (QED) is 0.354. The number of nitrogen functional groups attached to an aromatic ring is 2. The van der Waals surface area contributed by atoms with Crippen molar-refractivity contribution in [3.05, 3.63) is 74.0 Å². The number of aromatic nitrogens is 4. The standard InChI is InChI=1S/C23H18ClF3N8O/c1-9-5-11(18(26)27)7-12(6-9)35-21(32-15-4-3-14(25)17(24)16(15)22(35)36)10(2)31-20-13(8-28)19(29)33-23(30)34-20/h3-7,10,18H,1-2H3,(H5,29,30,31,33,34). The Morgan fingerprint density at radius 1 is 1.17 bits per heavy atom. The van der Waals surface area contributed by atoms with E-state index in [0.717, 1.165) is 16.7 Å². The van der Waals surface area contributed by atoms with Gasteiger partial charge in [0.2, 0.25) is 5.95 Å². The van der Waals surface area contributed by atoms with E-state index in [1.807, 2.05) is 6.07 Å². The Hall–Kier alpha value is -4.37. The zero-order valence-corrected chi connectivity index (χ0v) is 19.6. The van der Waals surface area contributed by atoms with Crippen LogP contribution in [0.4, 0.5) is 30.8 Å². The number of anilines is 3. The summed E-state index contributed by atoms with van der Waals surface area (Å²) in [5, 5.41) is 11.7. The maximum atomic E-state index is 14.2. The van der Waals surface area contributed by atoms with Crippen molar-refractivity contribution in [3.63, 3.8) is 0 Å². The van der Waals surface area contributed by atoms with Crippen LogP contribution in [0.3, 0.4) is 0 Å². The summed E-state index contributed by atoms with van der Waals surface area (Å²) in [6.45, 7) is 3.18. The number of nitriles is 1. The fourth-order valence-corrected chi connectivity index (χ4v) is 4.03. The number of hydrogen-bond donors (Lipinski definition) is 3. The predicted molar refractivity (Wildman–Crippen MR) is 130 cm³/mol. The molecule has 13 heteroatoms. The highest BCUT2D eigenvalue weighted by atomic mass is 35.5. The molecule has 4 aromatic rings. The molecular weight excluding hydrogens is 497 g/mol. The first kappa shape index (κ1) is 24.7. The van der Waals surface area contributed by atoms with E-state index in [9.17, 15) is 23.2 Å². The van der Waals surface area contributed by atoms with Crippen LogP contribution >= 0.6 is 11.6 Å². The molecule has 1 unspecified atom stereocenters. The normalized spacial score (nSPS) is 12.1. The minimum Gasteiger partial charge on any atom is -0.382 e. The highest BCUT2D eigenvalue weighted by molar-refractivity contribution is 6.35. The molecule has 0 aliphatic heterocycles. The van der Waals surface area contributed by atoms with Gasteiger partial charge in [-0.2, -0.15) is 15.2 Å². The van der Waals surface area contributed by atoms with Crippen molar-refractivity contribution in [3.8, 4) is 11.8 Å². The molecule has 9 nitrogen and oxygen atoms in total. The topological polar surface area (TPSA) is 149 Å². The van der Waals surface area contributed by atoms with E-state index in [1.165, 1.54) is 18.2 Å². The number of nitrogens with two attached hydrogens (primary N) is 2. The van der Waals surface area contributed by atoms with Gasteiger partial charge in [-0.1, -0.05) is 17.7 Å². The molecule has 0 saturated carbocycles. The number of fused-ring (bicyclic) bond motifs is 1. The molecule has 0 aliphatic carbocycles. The number of nitrogens with one attached hydrogen (secondary N) is 1. The number of halogens is 4. The number of nitrogens with zero attached hydrogens (tertiary/aromatic N) is 5. The van der Waals surface area contributed by atoms with E-state index in [4.69, 9.17) is 23.1 Å². The molecule has 184 valence electrons. The second kappa shape index (κ2) is 9.35. The third-order valence-corrected chi connectivity index (χ3v) is 5.72. The Kier molecular flexibility index (Phi) is 6.43. The van der Waals surface area contributed by atoms with Gasteiger partial charge in [0.15, 0.2) is 5.82 Å². The van der Waals surface area contributed by atoms with Gasteiger partial charge in [-0.3, -0.25) is 9.36 Å². The van der Waals surface area contributed by atoms with Crippen molar-refractivity contribution >= 4 is 40.1 Å². The van der Waals surface area contributed by atoms with Gasteiger partial charge in [-0.25, -0.2) is 18.2 Å². The number of rotatable bonds is 5. The van der Waals surface area contributed by atoms with E-state index >= 15 is 0 Å². The fraction of sp³-hybridized carbons (Fsp3) is 0.174. The van der Waals surface area contributed by atoms with Crippen LogP contribution in [0.25, 0.3) is 16.6 Å². The third kappa shape index (κ3) is 4.36. The summed E-state index contributed by atoms with van der Waals surface area (Å²) >= 11 is 6.10. The van der Waals surface area contributed by atoms with Crippen molar-refractivity contribution < 1.29 is 13.2 Å². The Morgan fingerprint density at radius 3 is 2.56 bits per heavy atom. The van der Waals surface area contributed by atoms with Crippen LogP contribution in [-0.4, -0.2) is 19.5 Å². The molecular formula is C23H18ClF3N8O. The van der Waals surface area contributed by atoms with E-state index in [0.29, 0.717) is 5.56 Å². The molecule has 0 spiro atoms. The zero-order valence-electron chi connectivity index (χ0n) is 18.9. The van der Waals surface area contributed by atoms with Crippen molar-refractivity contribution in [2.24, 2.45) is 0 Å². The van der Waals surface area contributed by atoms with Crippen LogP contribution in [0.15, 0.2) is 35.1 Å². The molecule has 0 amide bonds. The van der Waals surface area contributed by atoms with Gasteiger partial charge in [0.05, 0.1) is 27.7 Å². The van der Waals surface area contributed by atoms with Crippen molar-refractivity contribution in [1.82, 2.24) is 19.5 Å². The average molecular weight is 515 g/mol. The fourth-order valence-electron chi connectivity index (χ4n) is 3.79. The zero-order chi connectivity index (χ0) is 26.3. The summed E-state index contributed by atoms with van der Waals surface area (Å²) in [7, 11) is 0. The molecule has 2 aromatic heterocycles. The Balaban J connectivity index is 2.01. The lowest BCUT2D eigenvalue weighted by molar-refractivity contribution is 0.151. The summed E-state index contributed by atoms with van der Waals surface area (Å²) in [4.78, 5) is 25.9. The molecule has 0 aliphatic rings. The van der Waals surface area contributed by atoms with Gasteiger partial charge in [-0.15, -0.1) is 0 Å². The van der Waals surface area contributed by atoms with Gasteiger partial charge < -0.3 is 16.8 Å². The summed E-state index contributed by atoms with van der Waals surface area (Å²) in [5.74, 6) is -1.18. The second-order valence-electron chi connectivity index (χ2n) is 7.94. The molecule has 0 saturated heterocycles. The third-order valence-electron chi connectivity index (χ3n) is 5.36. The number of hydrogen-bond acceptors (Lipinski definition) is 8. The second-order valence-corrected chi connectivity index (χ2v) is 8.32. The Morgan fingerprint density at radius 2 is 1.89 bits per heavy atom. The van der Waals surface area contributed by atoms with E-state index < -0.39 is 28.9 Å². The molecule has 0 radical (unpaired) electrons. The predicted octanol–water partition coefficient (Wildman–Crippen LogP) is 4.42. The largest absolute Gasteiger partial charge is 0.382 e. The van der Waals surface area contributed by atoms with E-state index in [1.54, 1.807) is 13.8 Å². The maximum absolute atomic E-state index is 14.2. The van der Waals surface area contributed by atoms with Gasteiger partial charge in [0, 0.05) is 5.56 Å². The van der Waals surface area contributed by atoms with Crippen LogP contribution in [0, 0.1) is 24.1 Å². The van der Waals surface area contributed by atoms with Crippen LogP contribution in [0.1, 0.15) is 41.9 Å². The number of aryl methyl sites for hydroxylation is 1. The number of alkyl halides is 2. The summed E-state index contributed by atoms with van der Waals surface area (Å²) < 4.78 is 42.4. The highest BCUT2D eigenvalue weighted by Crippen LogP contribution is 2.29. The SMILES string of the molecule is Cc1cc(C(F)F)cc(-n2c(C(C)Nc3nc(N)nc(N)c3C#N)nc3ccc(F)c(Cl)c3c2=O)c1. The lowest BCUT2D eigenvalue weighted by Crippen LogP contribution is -2.28. The molecule has 0 fully saturated rings. The number of benzene rings is 2. The Bertz CT molecular complexity index is 1620. The molecule has 5 N–H and O–H groups in total. The van der Waals surface area contributed by atoms with Crippen molar-refractivity contribution in [2.45, 2.75) is 26.3 Å². The minimum absolute atomic E-state index is 0.0226. The summed E-state index contributed by atoms with van der Waals surface area (Å²) in [6.07, 6.45) is -2.81. The lowest BCUT2D eigenvalue weighted by Gasteiger charge is -2.21. The monoisotopic (exact) mass is 514 g/mol. The first-order valence-electron chi connectivity index (χ1n) is 10.4. The molecule has 0 bridgehead atoms. The summed E-state index contributed by atoms with van der Waals surface area (Å²) in [5.41, 5.74) is 10.8. The molecule has 36 heavy (non-hydrogen) atoms. The average Bonchev–Trinajstić information content (AvgIpc) is 2.80. The first-order chi connectivity index (χ1) is 17.0. The van der Waals surface area contributed by atoms with E-state index in [-0.39, 0.29) is 51.1 Å². The smallest absolute Gasteiger partial charge is 0.267 e. The molecule has 2 aromatic carbocycles. The highest BCUT2D eigenvalue weighted by Gasteiger charge is 2.23. The molecule has 2 heterocycles. The summed E-state index contributed by atoms with van der Waals surface area (Å²) in [6, 6.07) is 7.28. The Labute approximate surface area is 207 Å². The van der Waals surface area contributed by atoms with Crippen LogP contribution in [-0.2, 0) is 0 Å². The van der Waals surface area contributed by atoms with Gasteiger partial charge in [0.1, 0.15) is 29.1 Å². The van der Waals surface area contributed by atoms with Crippen LogP contribution in [0.5, 0.6) is 0 Å². The van der Waals surface area contributed by atoms with Crippen molar-refractivity contribution in [1.29, 1.82) is 5.26 Å². The first-order valence-corrected chi connectivity index (χ1v) is 10.8. The lowest BCUT2D eigenvalue weighted by atomic mass is 10.1. The van der Waals surface area contributed by atoms with Gasteiger partial charge >= 0.3 is 0 Å².